The first-order valence-electron chi connectivity index (χ1n) is 10.1. The summed E-state index contributed by atoms with van der Waals surface area (Å²) < 4.78 is 11.8. The summed E-state index contributed by atoms with van der Waals surface area (Å²) in [5.74, 6) is 0.963. The maximum atomic E-state index is 12.8. The zero-order valence-corrected chi connectivity index (χ0v) is 18.5. The van der Waals surface area contributed by atoms with E-state index in [0.29, 0.717) is 34.7 Å². The van der Waals surface area contributed by atoms with Gasteiger partial charge >= 0.3 is 0 Å². The molecule has 0 spiro atoms. The molecule has 0 unspecified atom stereocenters. The first-order valence-corrected chi connectivity index (χ1v) is 10.1. The highest BCUT2D eigenvalue weighted by molar-refractivity contribution is 5.87. The Morgan fingerprint density at radius 2 is 1.88 bits per heavy atom. The lowest BCUT2D eigenvalue weighted by Gasteiger charge is -2.15. The van der Waals surface area contributed by atoms with Gasteiger partial charge in [-0.1, -0.05) is 18.2 Å². The highest BCUT2D eigenvalue weighted by Crippen LogP contribution is 2.28. The van der Waals surface area contributed by atoms with Crippen LogP contribution in [-0.4, -0.2) is 30.1 Å². The smallest absolute Gasteiger partial charge is 0.271 e. The van der Waals surface area contributed by atoms with E-state index in [1.807, 2.05) is 49.4 Å². The van der Waals surface area contributed by atoms with E-state index in [0.717, 1.165) is 11.1 Å². The molecule has 0 aliphatic heterocycles. The lowest BCUT2D eigenvalue weighted by atomic mass is 10.1. The molecule has 7 nitrogen and oxygen atoms in total. The van der Waals surface area contributed by atoms with Crippen LogP contribution in [0, 0.1) is 25.2 Å². The van der Waals surface area contributed by atoms with Crippen molar-refractivity contribution in [3.05, 3.63) is 80.6 Å². The number of nitriles is 1. The zero-order chi connectivity index (χ0) is 23.3. The van der Waals surface area contributed by atoms with Gasteiger partial charge in [0.15, 0.2) is 11.5 Å². The Morgan fingerprint density at radius 3 is 2.53 bits per heavy atom. The largest absolute Gasteiger partial charge is 0.494 e. The fourth-order valence-electron chi connectivity index (χ4n) is 3.46. The third kappa shape index (κ3) is 4.65. The normalized spacial score (nSPS) is 10.8. The van der Waals surface area contributed by atoms with Gasteiger partial charge in [0.05, 0.1) is 25.5 Å². The predicted octanol–water partition coefficient (Wildman–Crippen LogP) is 4.05. The number of ether oxygens (including phenoxy) is 2. The number of aromatic nitrogens is 1. The van der Waals surface area contributed by atoms with Gasteiger partial charge in [0, 0.05) is 12.8 Å². The van der Waals surface area contributed by atoms with Crippen LogP contribution in [-0.2, 0) is 13.0 Å². The van der Waals surface area contributed by atoms with Gasteiger partial charge in [0.25, 0.3) is 5.56 Å². The second kappa shape index (κ2) is 9.84. The number of nitrogens with zero attached hydrogens (tertiary/aromatic N) is 3. The number of aromatic hydroxyl groups is 1. The maximum absolute atomic E-state index is 12.8. The Bertz CT molecular complexity index is 1270. The first kappa shape index (κ1) is 22.6. The molecule has 0 bridgehead atoms. The summed E-state index contributed by atoms with van der Waals surface area (Å²) in [6, 6.07) is 15.0. The molecule has 0 amide bonds. The average Bonchev–Trinajstić information content (AvgIpc) is 2.79. The lowest BCUT2D eigenvalue weighted by molar-refractivity contribution is 0.354. The Morgan fingerprint density at radius 1 is 1.12 bits per heavy atom. The van der Waals surface area contributed by atoms with E-state index < -0.39 is 5.56 Å². The van der Waals surface area contributed by atoms with E-state index in [9.17, 15) is 15.2 Å². The number of rotatable bonds is 7. The Hall–Kier alpha value is -4.05. The summed E-state index contributed by atoms with van der Waals surface area (Å²) in [7, 11) is 3.11. The fourth-order valence-corrected chi connectivity index (χ4v) is 3.46. The van der Waals surface area contributed by atoms with Crippen LogP contribution in [0.4, 0.5) is 5.69 Å². The summed E-state index contributed by atoms with van der Waals surface area (Å²) in [6.45, 7) is 3.78. The van der Waals surface area contributed by atoms with E-state index in [4.69, 9.17) is 9.47 Å². The van der Waals surface area contributed by atoms with Crippen molar-refractivity contribution in [2.45, 2.75) is 26.8 Å². The SMILES string of the molecule is COc1ccc(CCn2c(O)c(C=Nc3cccc(C)c3)c(C)c(C#N)c2=O)cc1OC. The van der Waals surface area contributed by atoms with Crippen LogP contribution >= 0.6 is 0 Å². The zero-order valence-electron chi connectivity index (χ0n) is 18.5. The number of hydrogen-bond donors (Lipinski definition) is 1. The van der Waals surface area contributed by atoms with Crippen LogP contribution in [0.1, 0.15) is 27.8 Å². The molecular weight excluding hydrogens is 406 g/mol. The monoisotopic (exact) mass is 431 g/mol. The van der Waals surface area contributed by atoms with Crippen molar-refractivity contribution in [3.8, 4) is 23.4 Å². The molecule has 3 rings (SSSR count). The van der Waals surface area contributed by atoms with Crippen LogP contribution in [0.25, 0.3) is 0 Å². The standard InChI is InChI=1S/C25H25N3O4/c1-16-6-5-7-19(12-16)27-15-21-17(2)20(14-26)24(29)28(25(21)30)11-10-18-8-9-22(31-3)23(13-18)32-4/h5-9,12-13,15,30H,10-11H2,1-4H3. The number of hydrogen-bond acceptors (Lipinski definition) is 6. The molecular formula is C25H25N3O4. The summed E-state index contributed by atoms with van der Waals surface area (Å²) in [5.41, 5.74) is 2.85. The maximum Gasteiger partial charge on any atom is 0.271 e. The lowest BCUT2D eigenvalue weighted by Crippen LogP contribution is -2.26. The third-order valence-electron chi connectivity index (χ3n) is 5.26. The van der Waals surface area contributed by atoms with Crippen LogP contribution in [0.2, 0.25) is 0 Å². The molecule has 0 saturated heterocycles. The van der Waals surface area contributed by atoms with Crippen molar-refractivity contribution in [3.63, 3.8) is 0 Å². The van der Waals surface area contributed by atoms with E-state index in [-0.39, 0.29) is 18.0 Å². The van der Waals surface area contributed by atoms with Crippen LogP contribution in [0.5, 0.6) is 17.4 Å². The molecule has 0 atom stereocenters. The molecule has 0 aliphatic rings. The average molecular weight is 431 g/mol. The van der Waals surface area contributed by atoms with Crippen molar-refractivity contribution in [2.75, 3.05) is 14.2 Å². The molecule has 0 fully saturated rings. The molecule has 0 aliphatic carbocycles. The number of aryl methyl sites for hydroxylation is 2. The van der Waals surface area contributed by atoms with Crippen molar-refractivity contribution in [1.29, 1.82) is 5.26 Å². The molecule has 2 aromatic carbocycles. The van der Waals surface area contributed by atoms with Crippen molar-refractivity contribution < 1.29 is 14.6 Å². The van der Waals surface area contributed by atoms with E-state index >= 15 is 0 Å². The van der Waals surface area contributed by atoms with Gasteiger partial charge in [-0.25, -0.2) is 0 Å². The number of aliphatic imine (C=N–C) groups is 1. The van der Waals surface area contributed by atoms with Gasteiger partial charge in [0.2, 0.25) is 5.88 Å². The molecule has 7 heteroatoms. The molecule has 1 heterocycles. The van der Waals surface area contributed by atoms with Crippen molar-refractivity contribution in [2.24, 2.45) is 4.99 Å². The topological polar surface area (TPSA) is 96.8 Å². The third-order valence-corrected chi connectivity index (χ3v) is 5.26. The van der Waals surface area contributed by atoms with E-state index in [2.05, 4.69) is 4.99 Å². The number of pyridine rings is 1. The molecule has 32 heavy (non-hydrogen) atoms. The summed E-state index contributed by atoms with van der Waals surface area (Å²) in [5, 5.41) is 20.4. The predicted molar refractivity (Wildman–Crippen MR) is 124 cm³/mol. The first-order chi connectivity index (χ1) is 15.4. The van der Waals surface area contributed by atoms with Crippen LogP contribution < -0.4 is 15.0 Å². The van der Waals surface area contributed by atoms with Gasteiger partial charge in [-0.05, 0) is 61.2 Å². The molecule has 164 valence electrons. The van der Waals surface area contributed by atoms with Gasteiger partial charge in [-0.2, -0.15) is 5.26 Å². The van der Waals surface area contributed by atoms with Gasteiger partial charge in [0.1, 0.15) is 11.6 Å². The van der Waals surface area contributed by atoms with Gasteiger partial charge < -0.3 is 14.6 Å². The Kier molecular flexibility index (Phi) is 6.96. The summed E-state index contributed by atoms with van der Waals surface area (Å²) in [6.07, 6.45) is 1.93. The second-order valence-electron chi connectivity index (χ2n) is 7.34. The van der Waals surface area contributed by atoms with E-state index in [1.165, 1.54) is 10.8 Å². The minimum atomic E-state index is -0.532. The molecule has 0 radical (unpaired) electrons. The number of benzene rings is 2. The second-order valence-corrected chi connectivity index (χ2v) is 7.34. The highest BCUT2D eigenvalue weighted by Gasteiger charge is 2.18. The summed E-state index contributed by atoms with van der Waals surface area (Å²) >= 11 is 0. The minimum Gasteiger partial charge on any atom is -0.494 e. The fraction of sp³-hybridized carbons (Fsp3) is 0.240. The van der Waals surface area contributed by atoms with Crippen LogP contribution in [0.15, 0.2) is 52.3 Å². The summed E-state index contributed by atoms with van der Waals surface area (Å²) in [4.78, 5) is 17.3. The minimum absolute atomic E-state index is 0.0131. The van der Waals surface area contributed by atoms with E-state index in [1.54, 1.807) is 27.2 Å². The molecule has 1 aromatic heterocycles. The van der Waals surface area contributed by atoms with Crippen LogP contribution in [0.3, 0.4) is 0 Å². The van der Waals surface area contributed by atoms with Crippen molar-refractivity contribution in [1.82, 2.24) is 4.57 Å². The molecule has 0 saturated carbocycles. The number of methoxy groups -OCH3 is 2. The Labute approximate surface area is 186 Å². The Balaban J connectivity index is 1.98. The quantitative estimate of drug-likeness (QED) is 0.569. The molecule has 3 aromatic rings. The van der Waals surface area contributed by atoms with Gasteiger partial charge in [-0.15, -0.1) is 0 Å². The van der Waals surface area contributed by atoms with Crippen molar-refractivity contribution >= 4 is 11.9 Å². The highest BCUT2D eigenvalue weighted by atomic mass is 16.5. The molecule has 1 N–H and O–H groups in total. The van der Waals surface area contributed by atoms with Gasteiger partial charge in [-0.3, -0.25) is 14.4 Å².